The van der Waals surface area contributed by atoms with Gasteiger partial charge in [-0.25, -0.2) is 4.79 Å². The number of ether oxygens (including phenoxy) is 2. The van der Waals surface area contributed by atoms with Crippen LogP contribution in [0.1, 0.15) is 57.7 Å². The Morgan fingerprint density at radius 2 is 1.89 bits per heavy atom. The molecular formula is C26H39N3O7S. The van der Waals surface area contributed by atoms with Crippen molar-refractivity contribution in [2.45, 2.75) is 71.2 Å². The molecule has 206 valence electrons. The van der Waals surface area contributed by atoms with Crippen LogP contribution in [0.3, 0.4) is 0 Å². The first-order chi connectivity index (χ1) is 17.3. The highest BCUT2D eigenvalue weighted by atomic mass is 32.2. The van der Waals surface area contributed by atoms with Crippen LogP contribution in [0, 0.1) is 12.8 Å². The van der Waals surface area contributed by atoms with Gasteiger partial charge in [0.25, 0.3) is 0 Å². The molecule has 0 bridgehead atoms. The normalized spacial score (nSPS) is 18.2. The highest BCUT2D eigenvalue weighted by Crippen LogP contribution is 2.43. The van der Waals surface area contributed by atoms with Gasteiger partial charge in [-0.3, -0.25) is 14.4 Å². The van der Waals surface area contributed by atoms with Crippen LogP contribution in [-0.2, 0) is 23.9 Å². The van der Waals surface area contributed by atoms with Crippen molar-refractivity contribution in [1.82, 2.24) is 15.5 Å². The molecule has 0 aromatic heterocycles. The summed E-state index contributed by atoms with van der Waals surface area (Å²) in [7, 11) is 1.21. The molecule has 11 heteroatoms. The van der Waals surface area contributed by atoms with Gasteiger partial charge in [-0.1, -0.05) is 25.1 Å². The van der Waals surface area contributed by atoms with E-state index in [2.05, 4.69) is 15.4 Å². The summed E-state index contributed by atoms with van der Waals surface area (Å²) in [5.74, 6) is -1.19. The van der Waals surface area contributed by atoms with Gasteiger partial charge in [0, 0.05) is 11.6 Å². The maximum Gasteiger partial charge on any atom is 0.408 e. The quantitative estimate of drug-likeness (QED) is 0.367. The fourth-order valence-corrected chi connectivity index (χ4v) is 4.41. The van der Waals surface area contributed by atoms with Gasteiger partial charge >= 0.3 is 12.1 Å². The molecule has 0 spiro atoms. The number of esters is 1. The summed E-state index contributed by atoms with van der Waals surface area (Å²) in [6.45, 7) is 8.44. The summed E-state index contributed by atoms with van der Waals surface area (Å²) < 4.78 is 10.0. The number of phenolic OH excluding ortho intramolecular Hbond substituents is 1. The number of rotatable bonds is 11. The smallest absolute Gasteiger partial charge is 0.408 e. The summed E-state index contributed by atoms with van der Waals surface area (Å²) in [6.07, 6.45) is 2.12. The van der Waals surface area contributed by atoms with E-state index in [4.69, 9.17) is 4.74 Å². The minimum absolute atomic E-state index is 0.106. The highest BCUT2D eigenvalue weighted by molar-refractivity contribution is 7.98. The van der Waals surface area contributed by atoms with Gasteiger partial charge in [0.05, 0.1) is 7.11 Å². The Balaban J connectivity index is 2.51. The van der Waals surface area contributed by atoms with Crippen molar-refractivity contribution >= 4 is 35.6 Å². The maximum absolute atomic E-state index is 14.1. The van der Waals surface area contributed by atoms with Crippen molar-refractivity contribution in [3.8, 4) is 5.75 Å². The van der Waals surface area contributed by atoms with Gasteiger partial charge < -0.3 is 30.1 Å². The Bertz CT molecular complexity index is 995. The fraction of sp³-hybridized carbons (Fsp3) is 0.615. The van der Waals surface area contributed by atoms with Crippen molar-refractivity contribution in [2.75, 3.05) is 25.7 Å². The highest BCUT2D eigenvalue weighted by Gasteiger charge is 2.48. The molecule has 1 saturated carbocycles. The third kappa shape index (κ3) is 8.55. The van der Waals surface area contributed by atoms with Gasteiger partial charge in [0.15, 0.2) is 0 Å². The van der Waals surface area contributed by atoms with Gasteiger partial charge in [-0.15, -0.1) is 0 Å². The molecule has 2 rings (SSSR count). The lowest BCUT2D eigenvalue weighted by atomic mass is 9.98. The maximum atomic E-state index is 14.1. The number of alkyl carbamates (subject to hydrolysis) is 1. The molecule has 0 aliphatic heterocycles. The molecule has 3 amide bonds. The number of hydrogen-bond acceptors (Lipinski definition) is 8. The summed E-state index contributed by atoms with van der Waals surface area (Å²) in [5, 5.41) is 16.1. The monoisotopic (exact) mass is 537 g/mol. The Hall–Kier alpha value is -2.95. The van der Waals surface area contributed by atoms with E-state index < -0.39 is 48.1 Å². The second kappa shape index (κ2) is 13.0. The molecule has 10 nitrogen and oxygen atoms in total. The average Bonchev–Trinajstić information content (AvgIpc) is 3.54. The van der Waals surface area contributed by atoms with E-state index in [1.54, 1.807) is 45.9 Å². The first kappa shape index (κ1) is 30.3. The van der Waals surface area contributed by atoms with Gasteiger partial charge in [-0.05, 0) is 64.0 Å². The fourth-order valence-electron chi connectivity index (χ4n) is 3.94. The van der Waals surface area contributed by atoms with E-state index in [0.717, 1.165) is 0 Å². The van der Waals surface area contributed by atoms with Crippen LogP contribution in [0.5, 0.6) is 5.75 Å². The zero-order chi connectivity index (χ0) is 27.9. The van der Waals surface area contributed by atoms with E-state index >= 15 is 0 Å². The second-order valence-electron chi connectivity index (χ2n) is 10.2. The topological polar surface area (TPSA) is 134 Å². The van der Waals surface area contributed by atoms with E-state index in [1.807, 2.05) is 13.2 Å². The Morgan fingerprint density at radius 3 is 2.43 bits per heavy atom. The predicted molar refractivity (Wildman–Crippen MR) is 141 cm³/mol. The van der Waals surface area contributed by atoms with Crippen molar-refractivity contribution in [3.05, 3.63) is 29.3 Å². The van der Waals surface area contributed by atoms with Crippen molar-refractivity contribution in [2.24, 2.45) is 5.92 Å². The van der Waals surface area contributed by atoms with Crippen LogP contribution >= 0.6 is 11.8 Å². The number of hydrogen-bond donors (Lipinski definition) is 3. The average molecular weight is 538 g/mol. The van der Waals surface area contributed by atoms with E-state index in [-0.39, 0.29) is 23.3 Å². The predicted octanol–water partition coefficient (Wildman–Crippen LogP) is 2.91. The Labute approximate surface area is 222 Å². The number of carbonyl (C=O) groups is 4. The van der Waals surface area contributed by atoms with Gasteiger partial charge in [0.1, 0.15) is 30.0 Å². The number of phenols is 1. The number of carbonyl (C=O) groups excluding carboxylic acids is 4. The standard InChI is InChI=1S/C26H39N3O7S/c1-15-9-8-10-17(22(15)31)21(23(32)27-14-20(30)35-6)29(19-13-16(19)2)24(33)18(11-12-37-7)28-25(34)36-26(3,4)5/h8-10,16,18-19,21,31H,11-14H2,1-7H3,(H,27,32)(H,28,34). The van der Waals surface area contributed by atoms with Crippen molar-refractivity contribution < 1.29 is 33.8 Å². The molecule has 3 N–H and O–H groups in total. The van der Waals surface area contributed by atoms with Crippen LogP contribution in [0.15, 0.2) is 18.2 Å². The number of thioether (sulfide) groups is 1. The largest absolute Gasteiger partial charge is 0.507 e. The molecule has 0 radical (unpaired) electrons. The van der Waals surface area contributed by atoms with Crippen LogP contribution in [0.4, 0.5) is 4.79 Å². The van der Waals surface area contributed by atoms with Gasteiger partial charge in [-0.2, -0.15) is 11.8 Å². The lowest BCUT2D eigenvalue weighted by Gasteiger charge is -2.35. The number of aromatic hydroxyl groups is 1. The third-order valence-electron chi connectivity index (χ3n) is 6.00. The minimum atomic E-state index is -1.23. The number of nitrogens with one attached hydrogen (secondary N) is 2. The number of amides is 3. The van der Waals surface area contributed by atoms with E-state index in [9.17, 15) is 24.3 Å². The summed E-state index contributed by atoms with van der Waals surface area (Å²) in [6, 6.07) is 2.48. The van der Waals surface area contributed by atoms with Crippen LogP contribution in [0.25, 0.3) is 0 Å². The number of nitrogens with zero attached hydrogens (tertiary/aromatic N) is 1. The summed E-state index contributed by atoms with van der Waals surface area (Å²) >= 11 is 1.52. The number of aryl methyl sites for hydroxylation is 1. The summed E-state index contributed by atoms with van der Waals surface area (Å²) in [4.78, 5) is 53.4. The Morgan fingerprint density at radius 1 is 1.24 bits per heavy atom. The van der Waals surface area contributed by atoms with Crippen LogP contribution in [-0.4, -0.2) is 77.2 Å². The molecule has 0 heterocycles. The van der Waals surface area contributed by atoms with Crippen molar-refractivity contribution in [1.29, 1.82) is 0 Å². The molecule has 1 aromatic rings. The SMILES string of the molecule is COC(=O)CNC(=O)C(c1cccc(C)c1O)N(C(=O)C(CCSC)NC(=O)OC(C)(C)C)C1CC1C. The zero-order valence-corrected chi connectivity index (χ0v) is 23.4. The zero-order valence-electron chi connectivity index (χ0n) is 22.6. The number of methoxy groups -OCH3 is 1. The lowest BCUT2D eigenvalue weighted by molar-refractivity contribution is -0.145. The third-order valence-corrected chi connectivity index (χ3v) is 6.65. The molecule has 1 aliphatic rings. The molecule has 37 heavy (non-hydrogen) atoms. The Kier molecular flexibility index (Phi) is 10.7. The van der Waals surface area contributed by atoms with Crippen LogP contribution < -0.4 is 10.6 Å². The van der Waals surface area contributed by atoms with Crippen molar-refractivity contribution in [3.63, 3.8) is 0 Å². The molecule has 1 fully saturated rings. The minimum Gasteiger partial charge on any atom is -0.507 e. The second-order valence-corrected chi connectivity index (χ2v) is 11.2. The van der Waals surface area contributed by atoms with E-state index in [0.29, 0.717) is 24.2 Å². The molecule has 1 aliphatic carbocycles. The number of para-hydroxylation sites is 1. The molecule has 4 atom stereocenters. The number of benzene rings is 1. The molecule has 4 unspecified atom stereocenters. The lowest BCUT2D eigenvalue weighted by Crippen LogP contribution is -2.54. The summed E-state index contributed by atoms with van der Waals surface area (Å²) in [5.41, 5.74) is 0.00645. The molecular weight excluding hydrogens is 498 g/mol. The molecule has 0 saturated heterocycles. The van der Waals surface area contributed by atoms with E-state index in [1.165, 1.54) is 23.8 Å². The molecule has 1 aromatic carbocycles. The first-order valence-electron chi connectivity index (χ1n) is 12.2. The first-order valence-corrected chi connectivity index (χ1v) is 13.6. The van der Waals surface area contributed by atoms with Crippen LogP contribution in [0.2, 0.25) is 0 Å². The van der Waals surface area contributed by atoms with Gasteiger partial charge in [0.2, 0.25) is 11.8 Å².